The van der Waals surface area contributed by atoms with Crippen LogP contribution in [0.4, 0.5) is 4.39 Å². The molecule has 1 unspecified atom stereocenters. The van der Waals surface area contributed by atoms with Gasteiger partial charge in [0.15, 0.2) is 0 Å². The van der Waals surface area contributed by atoms with Crippen molar-refractivity contribution < 1.29 is 9.18 Å². The molecular weight excluding hydrogens is 461 g/mol. The summed E-state index contributed by atoms with van der Waals surface area (Å²) in [7, 11) is 4.27. The van der Waals surface area contributed by atoms with Gasteiger partial charge in [-0.15, -0.1) is 0 Å². The number of nitrogens with zero attached hydrogens (tertiary/aromatic N) is 2. The highest BCUT2D eigenvalue weighted by atomic mass is 35.5. The molecule has 1 heterocycles. The first-order valence-electron chi connectivity index (χ1n) is 13.4. The SMILES string of the molecule is CC/C=C(/C(CC)NC)N1CCN(C)CC1.CCC1(C)CC1.O=CC1(c2ccc(Cl)cc2F)CC1. The zero-order valence-electron chi connectivity index (χ0n) is 22.8. The molecule has 0 amide bonds. The summed E-state index contributed by atoms with van der Waals surface area (Å²) >= 11 is 5.60. The van der Waals surface area contributed by atoms with E-state index in [-0.39, 0.29) is 5.82 Å². The van der Waals surface area contributed by atoms with E-state index in [0.29, 0.717) is 16.6 Å². The lowest BCUT2D eigenvalue weighted by Crippen LogP contribution is -2.47. The highest BCUT2D eigenvalue weighted by Gasteiger charge is 2.46. The zero-order valence-corrected chi connectivity index (χ0v) is 23.6. The van der Waals surface area contributed by atoms with E-state index in [1.807, 2.05) is 0 Å². The van der Waals surface area contributed by atoms with Crippen molar-refractivity contribution in [3.8, 4) is 0 Å². The summed E-state index contributed by atoms with van der Waals surface area (Å²) in [6, 6.07) is 4.98. The third-order valence-corrected chi connectivity index (χ3v) is 8.07. The summed E-state index contributed by atoms with van der Waals surface area (Å²) < 4.78 is 13.3. The van der Waals surface area contributed by atoms with Gasteiger partial charge in [0.2, 0.25) is 0 Å². The average Bonchev–Trinajstić information content (AvgIpc) is 3.78. The Morgan fingerprint density at radius 1 is 1.14 bits per heavy atom. The molecule has 198 valence electrons. The van der Waals surface area contributed by atoms with E-state index in [1.165, 1.54) is 57.2 Å². The minimum atomic E-state index is -0.547. The number of piperazine rings is 1. The zero-order chi connectivity index (χ0) is 26.1. The number of rotatable bonds is 8. The molecule has 2 saturated carbocycles. The molecular formula is C29H47ClFN3O. The minimum absolute atomic E-state index is 0.364. The largest absolute Gasteiger partial charge is 0.371 e. The number of hydrogen-bond donors (Lipinski definition) is 1. The first-order valence-corrected chi connectivity index (χ1v) is 13.8. The monoisotopic (exact) mass is 507 g/mol. The first-order chi connectivity index (χ1) is 16.7. The second kappa shape index (κ2) is 13.8. The van der Waals surface area contributed by atoms with E-state index in [0.717, 1.165) is 37.4 Å². The molecule has 35 heavy (non-hydrogen) atoms. The summed E-state index contributed by atoms with van der Waals surface area (Å²) in [6.07, 6.45) is 11.3. The molecule has 2 aliphatic carbocycles. The van der Waals surface area contributed by atoms with Crippen molar-refractivity contribution in [1.82, 2.24) is 15.1 Å². The van der Waals surface area contributed by atoms with Crippen LogP contribution in [0.1, 0.15) is 78.2 Å². The van der Waals surface area contributed by atoms with Crippen molar-refractivity contribution in [2.24, 2.45) is 5.41 Å². The predicted octanol–water partition coefficient (Wildman–Crippen LogP) is 6.43. The van der Waals surface area contributed by atoms with Gasteiger partial charge in [0, 0.05) is 48.5 Å². The normalized spacial score (nSPS) is 21.1. The third-order valence-electron chi connectivity index (χ3n) is 7.83. The summed E-state index contributed by atoms with van der Waals surface area (Å²) in [5.41, 5.74) is 2.22. The van der Waals surface area contributed by atoms with E-state index in [9.17, 15) is 9.18 Å². The topological polar surface area (TPSA) is 35.6 Å². The van der Waals surface area contributed by atoms with Crippen LogP contribution in [0, 0.1) is 11.2 Å². The quantitative estimate of drug-likeness (QED) is 0.411. The lowest BCUT2D eigenvalue weighted by molar-refractivity contribution is -0.109. The van der Waals surface area contributed by atoms with E-state index in [2.05, 4.69) is 63.0 Å². The van der Waals surface area contributed by atoms with Crippen molar-refractivity contribution >= 4 is 17.9 Å². The van der Waals surface area contributed by atoms with Gasteiger partial charge in [-0.05, 0) is 70.2 Å². The highest BCUT2D eigenvalue weighted by molar-refractivity contribution is 6.30. The number of nitrogens with one attached hydrogen (secondary N) is 1. The van der Waals surface area contributed by atoms with Gasteiger partial charge in [-0.2, -0.15) is 0 Å². The highest BCUT2D eigenvalue weighted by Crippen LogP contribution is 2.48. The molecule has 4 rings (SSSR count). The fourth-order valence-corrected chi connectivity index (χ4v) is 4.53. The van der Waals surface area contributed by atoms with Gasteiger partial charge in [0.25, 0.3) is 0 Å². The number of carbonyl (C=O) groups is 1. The molecule has 1 aliphatic heterocycles. The van der Waals surface area contributed by atoms with Crippen LogP contribution >= 0.6 is 11.6 Å². The Morgan fingerprint density at radius 2 is 1.77 bits per heavy atom. The average molecular weight is 508 g/mol. The molecule has 6 heteroatoms. The van der Waals surface area contributed by atoms with E-state index >= 15 is 0 Å². The van der Waals surface area contributed by atoms with Gasteiger partial charge in [-0.1, -0.05) is 57.9 Å². The summed E-state index contributed by atoms with van der Waals surface area (Å²) in [4.78, 5) is 15.7. The van der Waals surface area contributed by atoms with Gasteiger partial charge in [-0.25, -0.2) is 4.39 Å². The molecule has 1 N–H and O–H groups in total. The second-order valence-electron chi connectivity index (χ2n) is 10.6. The molecule has 3 fully saturated rings. The van der Waals surface area contributed by atoms with Crippen molar-refractivity contribution in [3.05, 3.63) is 46.4 Å². The maximum Gasteiger partial charge on any atom is 0.130 e. The van der Waals surface area contributed by atoms with Crippen LogP contribution in [0.5, 0.6) is 0 Å². The van der Waals surface area contributed by atoms with Crippen molar-refractivity contribution in [3.63, 3.8) is 0 Å². The Labute approximate surface area is 218 Å². The molecule has 0 bridgehead atoms. The van der Waals surface area contributed by atoms with Crippen LogP contribution in [0.25, 0.3) is 0 Å². The lowest BCUT2D eigenvalue weighted by Gasteiger charge is -2.38. The predicted molar refractivity (Wildman–Crippen MR) is 147 cm³/mol. The molecule has 4 nitrogen and oxygen atoms in total. The third kappa shape index (κ3) is 8.87. The minimum Gasteiger partial charge on any atom is -0.371 e. The Balaban J connectivity index is 0.000000202. The van der Waals surface area contributed by atoms with Crippen molar-refractivity contribution in [2.75, 3.05) is 40.3 Å². The van der Waals surface area contributed by atoms with E-state index < -0.39 is 5.41 Å². The standard InChI is InChI=1S/C13H27N3.C10H8ClFO.C6H12/c1-5-7-13(12(6-2)14-3)16-10-8-15(4)9-11-16;11-7-1-2-8(9(12)5-7)10(6-13)3-4-10;1-3-6(2)4-5-6/h7,12,14H,5-6,8-11H2,1-4H3;1-2,5-6H,3-4H2;3-5H2,1-2H3/b13-7-;;. The van der Waals surface area contributed by atoms with Crippen molar-refractivity contribution in [1.29, 1.82) is 0 Å². The number of likely N-dealkylation sites (N-methyl/N-ethyl adjacent to an activating group) is 2. The summed E-state index contributed by atoms with van der Waals surface area (Å²) in [6.45, 7) is 13.8. The smallest absolute Gasteiger partial charge is 0.130 e. The van der Waals surface area contributed by atoms with Crippen LogP contribution < -0.4 is 5.32 Å². The number of halogens is 2. The fourth-order valence-electron chi connectivity index (χ4n) is 4.37. The van der Waals surface area contributed by atoms with Gasteiger partial charge in [0.1, 0.15) is 12.1 Å². The number of hydrogen-bond acceptors (Lipinski definition) is 4. The first kappa shape index (κ1) is 29.8. The summed E-state index contributed by atoms with van der Waals surface area (Å²) in [5.74, 6) is -0.378. The number of benzene rings is 1. The van der Waals surface area contributed by atoms with Crippen LogP contribution in [-0.4, -0.2) is 62.4 Å². The van der Waals surface area contributed by atoms with Crippen LogP contribution in [0.15, 0.2) is 30.0 Å². The molecule has 1 aromatic carbocycles. The Kier molecular flexibility index (Phi) is 11.7. The lowest BCUT2D eigenvalue weighted by atomic mass is 9.97. The van der Waals surface area contributed by atoms with E-state index in [4.69, 9.17) is 11.6 Å². The fraction of sp³-hybridized carbons (Fsp3) is 0.690. The molecule has 3 aliphatic rings. The Hall–Kier alpha value is -1.43. The number of allylic oxidation sites excluding steroid dienone is 1. The van der Waals surface area contributed by atoms with Crippen molar-refractivity contribution in [2.45, 2.75) is 84.1 Å². The summed E-state index contributed by atoms with van der Waals surface area (Å²) in [5, 5.41) is 3.79. The van der Waals surface area contributed by atoms with E-state index in [1.54, 1.807) is 12.1 Å². The van der Waals surface area contributed by atoms with Gasteiger partial charge >= 0.3 is 0 Å². The molecule has 1 atom stereocenters. The number of aldehydes is 1. The van der Waals surface area contributed by atoms with Gasteiger partial charge < -0.3 is 19.9 Å². The molecule has 1 aromatic rings. The molecule has 0 spiro atoms. The number of carbonyl (C=O) groups excluding carboxylic acids is 1. The van der Waals surface area contributed by atoms with Gasteiger partial charge in [0.05, 0.1) is 5.41 Å². The second-order valence-corrected chi connectivity index (χ2v) is 11.1. The van der Waals surface area contributed by atoms with Crippen LogP contribution in [-0.2, 0) is 10.2 Å². The molecule has 0 aromatic heterocycles. The van der Waals surface area contributed by atoms with Gasteiger partial charge in [-0.3, -0.25) is 0 Å². The molecule has 0 radical (unpaired) electrons. The van der Waals surface area contributed by atoms with Crippen LogP contribution in [0.3, 0.4) is 0 Å². The Morgan fingerprint density at radius 3 is 2.14 bits per heavy atom. The van der Waals surface area contributed by atoms with Crippen LogP contribution in [0.2, 0.25) is 5.02 Å². The maximum absolute atomic E-state index is 13.3. The molecule has 1 saturated heterocycles. The maximum atomic E-state index is 13.3. The Bertz CT molecular complexity index is 823.